The molecule has 1 aliphatic carbocycles. The third kappa shape index (κ3) is 2.68. The van der Waals surface area contributed by atoms with E-state index >= 15 is 0 Å². The summed E-state index contributed by atoms with van der Waals surface area (Å²) in [6.07, 6.45) is 3.76. The number of nitrogens with one attached hydrogen (secondary N) is 1. The molecule has 1 unspecified atom stereocenters. The van der Waals surface area contributed by atoms with E-state index < -0.39 is 0 Å². The highest BCUT2D eigenvalue weighted by atomic mass is 16.5. The third-order valence-electron chi connectivity index (χ3n) is 4.57. The molecule has 0 radical (unpaired) electrons. The predicted molar refractivity (Wildman–Crippen MR) is 84.6 cm³/mol. The lowest BCUT2D eigenvalue weighted by molar-refractivity contribution is 0.252. The second kappa shape index (κ2) is 5.53. The summed E-state index contributed by atoms with van der Waals surface area (Å²) in [5, 5.41) is 3.74. The molecule has 2 aromatic carbocycles. The Balaban J connectivity index is 1.51. The topological polar surface area (TPSA) is 21.3 Å². The van der Waals surface area contributed by atoms with Crippen molar-refractivity contribution in [3.8, 4) is 5.75 Å². The van der Waals surface area contributed by atoms with Crippen LogP contribution in [0.25, 0.3) is 0 Å². The summed E-state index contributed by atoms with van der Waals surface area (Å²) in [4.78, 5) is 0. The summed E-state index contributed by atoms with van der Waals surface area (Å²) in [5.74, 6) is 1.85. The van der Waals surface area contributed by atoms with Gasteiger partial charge >= 0.3 is 0 Å². The van der Waals surface area contributed by atoms with E-state index in [9.17, 15) is 0 Å². The molecule has 1 aliphatic heterocycles. The van der Waals surface area contributed by atoms with Crippen LogP contribution in [-0.2, 0) is 6.54 Å². The molecule has 2 aromatic rings. The van der Waals surface area contributed by atoms with Crippen LogP contribution < -0.4 is 10.1 Å². The Kier molecular flexibility index (Phi) is 3.40. The molecule has 1 fully saturated rings. The van der Waals surface area contributed by atoms with Crippen LogP contribution in [0.15, 0.2) is 48.5 Å². The summed E-state index contributed by atoms with van der Waals surface area (Å²) in [6.45, 7) is 1.75. The molecule has 108 valence electrons. The van der Waals surface area contributed by atoms with Crippen molar-refractivity contribution in [2.75, 3.05) is 6.61 Å². The minimum Gasteiger partial charge on any atom is -0.493 e. The number of rotatable bonds is 4. The van der Waals surface area contributed by atoms with E-state index in [-0.39, 0.29) is 0 Å². The standard InChI is InChI=1S/C19H21NO/c1-2-6-16(14-9-10-14)15(5-1)13-20-18-11-12-21-19-8-4-3-7-17(18)19/h1-8,14,18,20H,9-13H2. The molecule has 1 saturated carbocycles. The Morgan fingerprint density at radius 1 is 0.905 bits per heavy atom. The summed E-state index contributed by atoms with van der Waals surface area (Å²) in [5.41, 5.74) is 4.31. The Morgan fingerprint density at radius 2 is 1.67 bits per heavy atom. The predicted octanol–water partition coefficient (Wildman–Crippen LogP) is 4.18. The van der Waals surface area contributed by atoms with Gasteiger partial charge in [-0.05, 0) is 36.0 Å². The van der Waals surface area contributed by atoms with Crippen LogP contribution in [0.2, 0.25) is 0 Å². The van der Waals surface area contributed by atoms with Gasteiger partial charge in [-0.15, -0.1) is 0 Å². The lowest BCUT2D eigenvalue weighted by atomic mass is 9.99. The average molecular weight is 279 g/mol. The monoisotopic (exact) mass is 279 g/mol. The van der Waals surface area contributed by atoms with E-state index in [1.165, 1.54) is 24.0 Å². The van der Waals surface area contributed by atoms with Gasteiger partial charge in [0.05, 0.1) is 6.61 Å². The van der Waals surface area contributed by atoms with E-state index in [4.69, 9.17) is 4.74 Å². The minimum absolute atomic E-state index is 0.405. The van der Waals surface area contributed by atoms with Crippen LogP contribution in [0.3, 0.4) is 0 Å². The van der Waals surface area contributed by atoms with Gasteiger partial charge in [-0.1, -0.05) is 42.5 Å². The van der Waals surface area contributed by atoms with Crippen molar-refractivity contribution in [3.05, 3.63) is 65.2 Å². The second-order valence-corrected chi connectivity index (χ2v) is 6.08. The lowest BCUT2D eigenvalue weighted by Gasteiger charge is -2.27. The van der Waals surface area contributed by atoms with E-state index in [0.717, 1.165) is 31.2 Å². The molecule has 4 rings (SSSR count). The normalized spacial score (nSPS) is 20.7. The number of ether oxygens (including phenoxy) is 1. The fourth-order valence-corrected chi connectivity index (χ4v) is 3.28. The zero-order chi connectivity index (χ0) is 14.1. The maximum Gasteiger partial charge on any atom is 0.124 e. The zero-order valence-corrected chi connectivity index (χ0v) is 12.2. The zero-order valence-electron chi connectivity index (χ0n) is 12.2. The van der Waals surface area contributed by atoms with Crippen molar-refractivity contribution >= 4 is 0 Å². The first kappa shape index (κ1) is 12.9. The van der Waals surface area contributed by atoms with Gasteiger partial charge in [-0.25, -0.2) is 0 Å². The van der Waals surface area contributed by atoms with Gasteiger partial charge in [-0.3, -0.25) is 0 Å². The van der Waals surface area contributed by atoms with E-state index in [1.54, 1.807) is 5.56 Å². The Morgan fingerprint density at radius 3 is 2.52 bits per heavy atom. The highest BCUT2D eigenvalue weighted by molar-refractivity contribution is 5.38. The molecule has 2 aliphatic rings. The van der Waals surface area contributed by atoms with Crippen molar-refractivity contribution in [1.82, 2.24) is 5.32 Å². The molecule has 0 saturated heterocycles. The Labute approximate surface area is 126 Å². The van der Waals surface area contributed by atoms with Gasteiger partial charge in [0, 0.05) is 24.6 Å². The molecule has 0 aromatic heterocycles. The third-order valence-corrected chi connectivity index (χ3v) is 4.57. The van der Waals surface area contributed by atoms with Gasteiger partial charge in [0.15, 0.2) is 0 Å². The number of fused-ring (bicyclic) bond motifs is 1. The van der Waals surface area contributed by atoms with Crippen molar-refractivity contribution in [2.45, 2.75) is 37.8 Å². The number of benzene rings is 2. The summed E-state index contributed by atoms with van der Waals surface area (Å²) >= 11 is 0. The quantitative estimate of drug-likeness (QED) is 0.906. The number of para-hydroxylation sites is 1. The smallest absolute Gasteiger partial charge is 0.124 e. The molecule has 0 amide bonds. The Bertz CT molecular complexity index is 633. The van der Waals surface area contributed by atoms with Crippen molar-refractivity contribution in [2.24, 2.45) is 0 Å². The molecule has 0 bridgehead atoms. The fraction of sp³-hybridized carbons (Fsp3) is 0.368. The number of hydrogen-bond acceptors (Lipinski definition) is 2. The highest BCUT2D eigenvalue weighted by Gasteiger charge is 2.26. The molecular formula is C19H21NO. The fourth-order valence-electron chi connectivity index (χ4n) is 3.28. The maximum absolute atomic E-state index is 5.74. The average Bonchev–Trinajstić information content (AvgIpc) is 3.38. The van der Waals surface area contributed by atoms with Crippen LogP contribution in [0, 0.1) is 0 Å². The largest absolute Gasteiger partial charge is 0.493 e. The summed E-state index contributed by atoms with van der Waals surface area (Å²) in [6, 6.07) is 17.7. The lowest BCUT2D eigenvalue weighted by Crippen LogP contribution is -2.27. The first-order valence-corrected chi connectivity index (χ1v) is 7.95. The summed E-state index contributed by atoms with van der Waals surface area (Å²) < 4.78 is 5.74. The molecule has 21 heavy (non-hydrogen) atoms. The second-order valence-electron chi connectivity index (χ2n) is 6.08. The van der Waals surface area contributed by atoms with Gasteiger partial charge in [0.2, 0.25) is 0 Å². The van der Waals surface area contributed by atoms with Crippen LogP contribution in [0.1, 0.15) is 47.9 Å². The molecule has 1 N–H and O–H groups in total. The SMILES string of the molecule is c1ccc(C2CC2)c(CNC2CCOc3ccccc32)c1. The van der Waals surface area contributed by atoms with Gasteiger partial charge < -0.3 is 10.1 Å². The summed E-state index contributed by atoms with van der Waals surface area (Å²) in [7, 11) is 0. The van der Waals surface area contributed by atoms with Crippen LogP contribution in [0.5, 0.6) is 5.75 Å². The van der Waals surface area contributed by atoms with Crippen molar-refractivity contribution in [3.63, 3.8) is 0 Å². The van der Waals surface area contributed by atoms with E-state index in [2.05, 4.69) is 47.8 Å². The highest BCUT2D eigenvalue weighted by Crippen LogP contribution is 2.41. The molecule has 1 atom stereocenters. The first-order valence-electron chi connectivity index (χ1n) is 7.95. The van der Waals surface area contributed by atoms with Crippen molar-refractivity contribution in [1.29, 1.82) is 0 Å². The maximum atomic E-state index is 5.74. The first-order chi connectivity index (χ1) is 10.4. The number of hydrogen-bond donors (Lipinski definition) is 1. The molecule has 2 nitrogen and oxygen atoms in total. The van der Waals surface area contributed by atoms with Crippen molar-refractivity contribution < 1.29 is 4.74 Å². The van der Waals surface area contributed by atoms with E-state index in [0.29, 0.717) is 6.04 Å². The van der Waals surface area contributed by atoms with Crippen LogP contribution in [0.4, 0.5) is 0 Å². The molecular weight excluding hydrogens is 258 g/mol. The van der Waals surface area contributed by atoms with Gasteiger partial charge in [0.25, 0.3) is 0 Å². The van der Waals surface area contributed by atoms with E-state index in [1.807, 2.05) is 6.07 Å². The van der Waals surface area contributed by atoms with Gasteiger partial charge in [-0.2, -0.15) is 0 Å². The van der Waals surface area contributed by atoms with Crippen LogP contribution in [-0.4, -0.2) is 6.61 Å². The van der Waals surface area contributed by atoms with Crippen LogP contribution >= 0.6 is 0 Å². The minimum atomic E-state index is 0.405. The van der Waals surface area contributed by atoms with Gasteiger partial charge in [0.1, 0.15) is 5.75 Å². The molecule has 2 heteroatoms. The Hall–Kier alpha value is -1.80. The molecule has 1 heterocycles. The molecule has 0 spiro atoms.